The van der Waals surface area contributed by atoms with E-state index in [1.807, 2.05) is 0 Å². The third-order valence-electron chi connectivity index (χ3n) is 5.23. The summed E-state index contributed by atoms with van der Waals surface area (Å²) < 4.78 is 14.8. The molecule has 4 aromatic rings. The van der Waals surface area contributed by atoms with Gasteiger partial charge in [0, 0.05) is 11.6 Å². The maximum atomic E-state index is 14.8. The average Bonchev–Trinajstić information content (AvgIpc) is 3.44. The van der Waals surface area contributed by atoms with Gasteiger partial charge in [0.25, 0.3) is 5.91 Å². The van der Waals surface area contributed by atoms with E-state index in [1.165, 1.54) is 36.4 Å². The van der Waals surface area contributed by atoms with Crippen LogP contribution < -0.4 is 10.6 Å². The van der Waals surface area contributed by atoms with Crippen molar-refractivity contribution in [2.24, 2.45) is 0 Å². The summed E-state index contributed by atoms with van der Waals surface area (Å²) >= 11 is 12.1. The van der Waals surface area contributed by atoms with Gasteiger partial charge in [0.15, 0.2) is 12.1 Å². The van der Waals surface area contributed by atoms with E-state index in [0.29, 0.717) is 5.56 Å². The summed E-state index contributed by atoms with van der Waals surface area (Å²) in [5.41, 5.74) is 0.659. The highest BCUT2D eigenvalue weighted by atomic mass is 35.5. The number of carboxylic acids is 1. The Labute approximate surface area is 224 Å². The largest absolute Gasteiger partial charge is 0.478 e. The van der Waals surface area contributed by atoms with Crippen LogP contribution in [0.25, 0.3) is 11.8 Å². The maximum absolute atomic E-state index is 14.8. The van der Waals surface area contributed by atoms with E-state index >= 15 is 0 Å². The van der Waals surface area contributed by atoms with E-state index in [9.17, 15) is 18.8 Å². The quantitative estimate of drug-likeness (QED) is 0.275. The molecule has 4 rings (SSSR count). The van der Waals surface area contributed by atoms with Crippen molar-refractivity contribution in [3.63, 3.8) is 0 Å². The molecule has 0 fully saturated rings. The molecule has 3 aromatic carbocycles. The second kappa shape index (κ2) is 11.6. The van der Waals surface area contributed by atoms with Crippen molar-refractivity contribution < 1.29 is 23.9 Å². The Morgan fingerprint density at radius 3 is 2.45 bits per heavy atom. The highest BCUT2D eigenvalue weighted by Crippen LogP contribution is 2.26. The molecular weight excluding hydrogens is 538 g/mol. The van der Waals surface area contributed by atoms with E-state index < -0.39 is 29.6 Å². The number of hydrogen-bond acceptors (Lipinski definition) is 6. The number of carbonyl (C=O) groups excluding carboxylic acids is 2. The molecule has 192 valence electrons. The number of aromatic carboxylic acids is 1. The normalized spacial score (nSPS) is 11.8. The second-order valence-corrected chi connectivity index (χ2v) is 8.51. The van der Waals surface area contributed by atoms with Crippen LogP contribution in [0.4, 0.5) is 10.1 Å². The predicted molar refractivity (Wildman–Crippen MR) is 138 cm³/mol. The van der Waals surface area contributed by atoms with Crippen LogP contribution >= 0.6 is 23.2 Å². The maximum Gasteiger partial charge on any atom is 0.335 e. The Morgan fingerprint density at radius 1 is 1.03 bits per heavy atom. The number of halogens is 3. The van der Waals surface area contributed by atoms with Crippen LogP contribution in [-0.2, 0) is 9.59 Å². The Kier molecular flexibility index (Phi) is 8.09. The first kappa shape index (κ1) is 26.5. The molecule has 0 spiro atoms. The zero-order valence-electron chi connectivity index (χ0n) is 19.2. The number of nitrogens with one attached hydrogen (secondary N) is 2. The van der Waals surface area contributed by atoms with Crippen molar-refractivity contribution in [2.45, 2.75) is 6.04 Å². The van der Waals surface area contributed by atoms with Gasteiger partial charge in [-0.2, -0.15) is 0 Å². The summed E-state index contributed by atoms with van der Waals surface area (Å²) in [7, 11) is 0. The minimum absolute atomic E-state index is 0.00182. The van der Waals surface area contributed by atoms with E-state index in [-0.39, 0.29) is 32.5 Å². The van der Waals surface area contributed by atoms with E-state index in [4.69, 9.17) is 28.3 Å². The first-order chi connectivity index (χ1) is 18.2. The molecule has 0 saturated carbocycles. The molecule has 2 amide bonds. The Morgan fingerprint density at radius 2 is 1.79 bits per heavy atom. The summed E-state index contributed by atoms with van der Waals surface area (Å²) in [5, 5.41) is 25.3. The van der Waals surface area contributed by atoms with Crippen molar-refractivity contribution >= 4 is 52.7 Å². The number of tetrazole rings is 1. The smallest absolute Gasteiger partial charge is 0.335 e. The van der Waals surface area contributed by atoms with Crippen molar-refractivity contribution in [1.29, 1.82) is 0 Å². The highest BCUT2D eigenvalue weighted by Gasteiger charge is 2.23. The monoisotopic (exact) mass is 554 g/mol. The number of carbonyl (C=O) groups is 3. The SMILES string of the molecule is O=C(/C=C/c1c(-n2ncnn2)ccc(Cl)c1F)N[C@H](C(=O)Nc1ccc(C(=O)O)cc1Cl)c1ccccc1. The molecule has 13 heteroatoms. The Hall–Kier alpha value is -4.61. The molecule has 1 atom stereocenters. The number of nitrogens with zero attached hydrogens (tertiary/aromatic N) is 4. The summed E-state index contributed by atoms with van der Waals surface area (Å²) in [6.45, 7) is 0. The fourth-order valence-corrected chi connectivity index (χ4v) is 3.81. The highest BCUT2D eigenvalue weighted by molar-refractivity contribution is 6.34. The first-order valence-electron chi connectivity index (χ1n) is 10.8. The number of benzene rings is 3. The lowest BCUT2D eigenvalue weighted by Gasteiger charge is -2.19. The molecule has 10 nitrogen and oxygen atoms in total. The van der Waals surface area contributed by atoms with Crippen LogP contribution in [0.5, 0.6) is 0 Å². The molecule has 0 unspecified atom stereocenters. The third kappa shape index (κ3) is 6.02. The topological polar surface area (TPSA) is 139 Å². The number of carboxylic acid groups (broad SMARTS) is 1. The van der Waals surface area contributed by atoms with Crippen LogP contribution in [0.1, 0.15) is 27.5 Å². The van der Waals surface area contributed by atoms with Gasteiger partial charge in [-0.25, -0.2) is 9.18 Å². The van der Waals surface area contributed by atoms with Gasteiger partial charge >= 0.3 is 5.97 Å². The zero-order chi connectivity index (χ0) is 27.2. The van der Waals surface area contributed by atoms with Crippen LogP contribution in [-0.4, -0.2) is 43.1 Å². The standard InChI is InChI=1S/C25H17Cl2FN6O4/c26-17-8-10-20(34-30-13-29-33-34)16(22(17)28)7-11-21(35)32-23(14-4-2-1-3-5-14)24(36)31-19-9-6-15(25(37)38)12-18(19)27/h1-13,23H,(H,31,36)(H,32,35)(H,37,38)/b11-7+/t23-/m0/s1. The van der Waals surface area contributed by atoms with E-state index in [0.717, 1.165) is 17.2 Å². The Balaban J connectivity index is 1.59. The third-order valence-corrected chi connectivity index (χ3v) is 5.84. The lowest BCUT2D eigenvalue weighted by molar-refractivity contribution is -0.123. The zero-order valence-corrected chi connectivity index (χ0v) is 20.7. The van der Waals surface area contributed by atoms with Crippen molar-refractivity contribution in [3.8, 4) is 5.69 Å². The molecular formula is C25H17Cl2FN6O4. The number of aromatic nitrogens is 4. The van der Waals surface area contributed by atoms with Crippen LogP contribution in [0.15, 0.2) is 73.1 Å². The fraction of sp³-hybridized carbons (Fsp3) is 0.0400. The van der Waals surface area contributed by atoms with Gasteiger partial charge < -0.3 is 15.7 Å². The molecule has 0 radical (unpaired) electrons. The number of anilines is 1. The van der Waals surface area contributed by atoms with Gasteiger partial charge in [-0.3, -0.25) is 9.59 Å². The van der Waals surface area contributed by atoms with E-state index in [1.54, 1.807) is 30.3 Å². The van der Waals surface area contributed by atoms with Gasteiger partial charge in [0.05, 0.1) is 27.0 Å². The summed E-state index contributed by atoms with van der Waals surface area (Å²) in [4.78, 5) is 38.3. The van der Waals surface area contributed by atoms with Crippen molar-refractivity contribution in [3.05, 3.63) is 106 Å². The van der Waals surface area contributed by atoms with Crippen LogP contribution in [0.3, 0.4) is 0 Å². The molecule has 38 heavy (non-hydrogen) atoms. The number of hydrogen-bond donors (Lipinski definition) is 3. The van der Waals surface area contributed by atoms with Crippen molar-refractivity contribution in [1.82, 2.24) is 25.5 Å². The van der Waals surface area contributed by atoms with Gasteiger partial charge in [0.1, 0.15) is 6.04 Å². The summed E-state index contributed by atoms with van der Waals surface area (Å²) in [6.07, 6.45) is 3.38. The number of amides is 2. The molecule has 0 aliphatic carbocycles. The molecule has 1 heterocycles. The predicted octanol–water partition coefficient (Wildman–Crippen LogP) is 4.32. The van der Waals surface area contributed by atoms with Gasteiger partial charge in [-0.05, 0) is 47.2 Å². The van der Waals surface area contributed by atoms with Gasteiger partial charge in [-0.1, -0.05) is 53.5 Å². The fourth-order valence-electron chi connectivity index (χ4n) is 3.42. The molecule has 0 bridgehead atoms. The molecule has 3 N–H and O–H groups in total. The minimum Gasteiger partial charge on any atom is -0.478 e. The summed E-state index contributed by atoms with van der Waals surface area (Å²) in [6, 6.07) is 13.8. The first-order valence-corrected chi connectivity index (χ1v) is 11.6. The van der Waals surface area contributed by atoms with Gasteiger partial charge in [-0.15, -0.1) is 15.0 Å². The molecule has 1 aromatic heterocycles. The van der Waals surface area contributed by atoms with Crippen LogP contribution in [0, 0.1) is 5.82 Å². The van der Waals surface area contributed by atoms with Crippen molar-refractivity contribution in [2.75, 3.05) is 5.32 Å². The number of rotatable bonds is 8. The summed E-state index contributed by atoms with van der Waals surface area (Å²) in [5.74, 6) is -3.35. The average molecular weight is 555 g/mol. The minimum atomic E-state index is -1.18. The lowest BCUT2D eigenvalue weighted by atomic mass is 10.1. The molecule has 0 aliphatic heterocycles. The van der Waals surface area contributed by atoms with Crippen LogP contribution in [0.2, 0.25) is 10.0 Å². The Bertz CT molecular complexity index is 1530. The van der Waals surface area contributed by atoms with E-state index in [2.05, 4.69) is 26.0 Å². The second-order valence-electron chi connectivity index (χ2n) is 7.69. The molecule has 0 saturated heterocycles. The van der Waals surface area contributed by atoms with Gasteiger partial charge in [0.2, 0.25) is 5.91 Å². The molecule has 0 aliphatic rings. The lowest BCUT2D eigenvalue weighted by Crippen LogP contribution is -2.36.